The first-order chi connectivity index (χ1) is 25.3. The Labute approximate surface area is 305 Å². The van der Waals surface area contributed by atoms with Crippen molar-refractivity contribution < 1.29 is 19.3 Å². The van der Waals surface area contributed by atoms with Crippen LogP contribution < -0.4 is 24.0 Å². The molecule has 6 aromatic carbocycles. The van der Waals surface area contributed by atoms with E-state index < -0.39 is 5.60 Å². The number of ether oxygens (including phenoxy) is 3. The van der Waals surface area contributed by atoms with Gasteiger partial charge < -0.3 is 29.1 Å². The van der Waals surface area contributed by atoms with Crippen LogP contribution in [0.1, 0.15) is 41.7 Å². The van der Waals surface area contributed by atoms with Gasteiger partial charge in [-0.2, -0.15) is 0 Å². The van der Waals surface area contributed by atoms with Crippen molar-refractivity contribution >= 4 is 28.2 Å². The third kappa shape index (κ3) is 4.77. The topological polar surface area (TPSA) is 54.4 Å². The molecule has 0 bridgehead atoms. The Morgan fingerprint density at radius 2 is 1.33 bits per heavy atom. The Bertz CT molecular complexity index is 2360. The lowest BCUT2D eigenvalue weighted by Crippen LogP contribution is -2.46. The molecule has 1 N–H and O–H groups in total. The summed E-state index contributed by atoms with van der Waals surface area (Å²) in [6.07, 6.45) is 4.50. The summed E-state index contributed by atoms with van der Waals surface area (Å²) >= 11 is 0. The SMILES string of the molecule is COc1cc2c3c(c4c(c2cc1O)-c1ccccc1C4(C)C)C=CC(c1ccccc1)(c1ccc(N2CCN(c4ccccc4OC)CC2)cc1)O3. The van der Waals surface area contributed by atoms with Crippen molar-refractivity contribution in [2.75, 3.05) is 50.2 Å². The second kappa shape index (κ2) is 12.1. The Hall–Kier alpha value is -5.88. The summed E-state index contributed by atoms with van der Waals surface area (Å²) < 4.78 is 18.8. The van der Waals surface area contributed by atoms with Crippen LogP contribution in [0.25, 0.3) is 28.0 Å². The molecule has 260 valence electrons. The van der Waals surface area contributed by atoms with E-state index in [0.717, 1.165) is 76.4 Å². The van der Waals surface area contributed by atoms with Gasteiger partial charge in [0.1, 0.15) is 11.5 Å². The fourth-order valence-electron chi connectivity index (χ4n) is 8.81. The third-order valence-corrected chi connectivity index (χ3v) is 11.4. The average molecular weight is 687 g/mol. The Kier molecular flexibility index (Phi) is 7.47. The maximum Gasteiger partial charge on any atom is 0.178 e. The van der Waals surface area contributed by atoms with E-state index >= 15 is 0 Å². The van der Waals surface area contributed by atoms with Crippen molar-refractivity contribution in [3.63, 3.8) is 0 Å². The van der Waals surface area contributed by atoms with Crippen molar-refractivity contribution in [2.45, 2.75) is 24.9 Å². The summed E-state index contributed by atoms with van der Waals surface area (Å²) in [5.41, 5.74) is 9.11. The van der Waals surface area contributed by atoms with E-state index in [1.165, 1.54) is 22.4 Å². The van der Waals surface area contributed by atoms with E-state index in [0.29, 0.717) is 5.75 Å². The molecule has 2 heterocycles. The number of hydrogen-bond acceptors (Lipinski definition) is 6. The molecule has 1 aliphatic carbocycles. The average Bonchev–Trinajstić information content (AvgIpc) is 3.44. The minimum absolute atomic E-state index is 0.110. The van der Waals surface area contributed by atoms with Gasteiger partial charge in [0.25, 0.3) is 0 Å². The molecule has 1 atom stereocenters. The molecule has 0 amide bonds. The number of aromatic hydroxyl groups is 1. The Morgan fingerprint density at radius 1 is 0.673 bits per heavy atom. The summed E-state index contributed by atoms with van der Waals surface area (Å²) in [7, 11) is 3.33. The second-order valence-electron chi connectivity index (χ2n) is 14.5. The standard InChI is InChI=1S/C46H42N2O4/c1-45(2)37-15-9-8-14-33(37)42-35-28-39(49)41(51-4)29-36(35)44-34(43(42)45)22-23-46(52-44,30-12-6-5-7-13-30)31-18-20-32(21-19-31)47-24-26-48(27-25-47)38-16-10-11-17-40(38)50-3/h5-23,28-29,49H,24-27H2,1-4H3. The Balaban J connectivity index is 1.14. The fourth-order valence-corrected chi connectivity index (χ4v) is 8.81. The van der Waals surface area contributed by atoms with Crippen LogP contribution in [0.15, 0.2) is 121 Å². The van der Waals surface area contributed by atoms with Crippen LogP contribution in [0.3, 0.4) is 0 Å². The number of nitrogens with zero attached hydrogens (tertiary/aromatic N) is 2. The molecule has 6 nitrogen and oxygen atoms in total. The monoisotopic (exact) mass is 686 g/mol. The van der Waals surface area contributed by atoms with Gasteiger partial charge in [-0.3, -0.25) is 0 Å². The summed E-state index contributed by atoms with van der Waals surface area (Å²) in [6.45, 7) is 8.22. The molecule has 6 aromatic rings. The summed E-state index contributed by atoms with van der Waals surface area (Å²) in [4.78, 5) is 4.86. The lowest BCUT2D eigenvalue weighted by molar-refractivity contribution is 0.163. The van der Waals surface area contributed by atoms with Crippen molar-refractivity contribution in [3.05, 3.63) is 149 Å². The molecule has 3 aliphatic rings. The zero-order valence-corrected chi connectivity index (χ0v) is 30.0. The zero-order valence-electron chi connectivity index (χ0n) is 30.0. The van der Waals surface area contributed by atoms with E-state index in [9.17, 15) is 5.11 Å². The van der Waals surface area contributed by atoms with Gasteiger partial charge in [0, 0.05) is 59.4 Å². The number of fused-ring (bicyclic) bond motifs is 8. The summed E-state index contributed by atoms with van der Waals surface area (Å²) in [6, 6.07) is 40.0. The molecule has 0 aromatic heterocycles. The van der Waals surface area contributed by atoms with Crippen LogP contribution in [0.4, 0.5) is 11.4 Å². The van der Waals surface area contributed by atoms with Gasteiger partial charge >= 0.3 is 0 Å². The van der Waals surface area contributed by atoms with Gasteiger partial charge in [0.2, 0.25) is 0 Å². The molecule has 0 spiro atoms. The van der Waals surface area contributed by atoms with Crippen LogP contribution in [0, 0.1) is 0 Å². The first kappa shape index (κ1) is 32.1. The predicted octanol–water partition coefficient (Wildman–Crippen LogP) is 9.54. The lowest BCUT2D eigenvalue weighted by atomic mass is 9.76. The second-order valence-corrected chi connectivity index (χ2v) is 14.5. The highest BCUT2D eigenvalue weighted by molar-refractivity contribution is 6.09. The maximum atomic E-state index is 11.1. The fraction of sp³-hybridized carbons (Fsp3) is 0.217. The van der Waals surface area contributed by atoms with Crippen LogP contribution in [0.2, 0.25) is 0 Å². The third-order valence-electron chi connectivity index (χ3n) is 11.4. The van der Waals surface area contributed by atoms with Crippen LogP contribution in [-0.2, 0) is 11.0 Å². The lowest BCUT2D eigenvalue weighted by Gasteiger charge is -2.39. The molecule has 1 unspecified atom stereocenters. The predicted molar refractivity (Wildman–Crippen MR) is 210 cm³/mol. The quantitative estimate of drug-likeness (QED) is 0.188. The largest absolute Gasteiger partial charge is 0.504 e. The number of benzene rings is 6. The van der Waals surface area contributed by atoms with Gasteiger partial charge in [0.05, 0.1) is 19.9 Å². The van der Waals surface area contributed by atoms with Crippen molar-refractivity contribution in [2.24, 2.45) is 0 Å². The van der Waals surface area contributed by atoms with Crippen molar-refractivity contribution in [1.82, 2.24) is 0 Å². The molecule has 0 radical (unpaired) electrons. The van der Waals surface area contributed by atoms with Crippen LogP contribution in [-0.4, -0.2) is 45.5 Å². The number of hydrogen-bond donors (Lipinski definition) is 1. The molecule has 1 saturated heterocycles. The Morgan fingerprint density at radius 3 is 2.08 bits per heavy atom. The molecular formula is C46H42N2O4. The van der Waals surface area contributed by atoms with E-state index in [4.69, 9.17) is 14.2 Å². The van der Waals surface area contributed by atoms with Crippen LogP contribution in [0.5, 0.6) is 23.0 Å². The summed E-state index contributed by atoms with van der Waals surface area (Å²) in [5.74, 6) is 2.23. The molecule has 52 heavy (non-hydrogen) atoms. The van der Waals surface area contributed by atoms with Crippen molar-refractivity contribution in [3.8, 4) is 34.1 Å². The number of methoxy groups -OCH3 is 2. The summed E-state index contributed by atoms with van der Waals surface area (Å²) in [5, 5.41) is 13.0. The van der Waals surface area contributed by atoms with E-state index in [-0.39, 0.29) is 11.2 Å². The molecule has 1 fully saturated rings. The number of phenols is 1. The first-order valence-corrected chi connectivity index (χ1v) is 18.0. The normalized spacial score (nSPS) is 18.4. The van der Waals surface area contributed by atoms with Gasteiger partial charge in [-0.15, -0.1) is 0 Å². The smallest absolute Gasteiger partial charge is 0.178 e. The molecule has 2 aliphatic heterocycles. The number of anilines is 2. The molecular weight excluding hydrogens is 645 g/mol. The highest BCUT2D eigenvalue weighted by Crippen LogP contribution is 2.59. The molecule has 6 heteroatoms. The molecule has 9 rings (SSSR count). The van der Waals surface area contributed by atoms with Gasteiger partial charge in [0.15, 0.2) is 17.1 Å². The van der Waals surface area contributed by atoms with E-state index in [1.807, 2.05) is 30.3 Å². The minimum Gasteiger partial charge on any atom is -0.504 e. The van der Waals surface area contributed by atoms with Gasteiger partial charge in [-0.1, -0.05) is 98.8 Å². The van der Waals surface area contributed by atoms with Crippen LogP contribution >= 0.6 is 0 Å². The number of phenolic OH excluding ortho intramolecular Hbond substituents is 1. The molecule has 0 saturated carbocycles. The zero-order chi connectivity index (χ0) is 35.6. The first-order valence-electron chi connectivity index (χ1n) is 18.0. The highest BCUT2D eigenvalue weighted by Gasteiger charge is 2.44. The van der Waals surface area contributed by atoms with Gasteiger partial charge in [-0.25, -0.2) is 0 Å². The highest BCUT2D eigenvalue weighted by atomic mass is 16.5. The number of para-hydroxylation sites is 2. The number of piperazine rings is 1. The van der Waals surface area contributed by atoms with E-state index in [1.54, 1.807) is 14.2 Å². The van der Waals surface area contributed by atoms with Gasteiger partial charge in [-0.05, 0) is 70.1 Å². The minimum atomic E-state index is -0.892. The van der Waals surface area contributed by atoms with Crippen molar-refractivity contribution in [1.29, 1.82) is 0 Å². The maximum absolute atomic E-state index is 11.1. The number of rotatable bonds is 6. The van der Waals surface area contributed by atoms with E-state index in [2.05, 4.69) is 121 Å².